The lowest BCUT2D eigenvalue weighted by atomic mass is 10.2. The number of halogens is 3. The second-order valence-corrected chi connectivity index (χ2v) is 8.22. The molecule has 0 spiro atoms. The number of aryl methyl sites for hydroxylation is 1. The van der Waals surface area contributed by atoms with E-state index in [0.29, 0.717) is 17.5 Å². The lowest BCUT2D eigenvalue weighted by Crippen LogP contribution is -2.40. The molecule has 4 rings (SSSR count). The van der Waals surface area contributed by atoms with Gasteiger partial charge in [-0.2, -0.15) is 4.98 Å². The Labute approximate surface area is 203 Å². The summed E-state index contributed by atoms with van der Waals surface area (Å²) in [5, 5.41) is 0.522. The molecular weight excluding hydrogens is 482 g/mol. The normalized spacial score (nSPS) is 11.2. The molecule has 0 atom stereocenters. The van der Waals surface area contributed by atoms with Crippen LogP contribution in [0.25, 0.3) is 11.2 Å². The van der Waals surface area contributed by atoms with Crippen molar-refractivity contribution < 1.29 is 18.3 Å². The Morgan fingerprint density at radius 2 is 1.71 bits per heavy atom. The van der Waals surface area contributed by atoms with Crippen LogP contribution in [0.3, 0.4) is 0 Å². The molecular formula is C24H21ClF2N4O4. The van der Waals surface area contributed by atoms with Crippen molar-refractivity contribution in [2.45, 2.75) is 39.4 Å². The number of hydrogen-bond acceptors (Lipinski definition) is 5. The van der Waals surface area contributed by atoms with E-state index < -0.39 is 22.9 Å². The number of nitrogens with zero attached hydrogens (tertiary/aromatic N) is 4. The second-order valence-electron chi connectivity index (χ2n) is 7.78. The maximum Gasteiger partial charge on any atom is 0.332 e. The summed E-state index contributed by atoms with van der Waals surface area (Å²) in [4.78, 5) is 41.6. The first-order chi connectivity index (χ1) is 16.8. The Kier molecular flexibility index (Phi) is 7.11. The third-order valence-electron chi connectivity index (χ3n) is 5.40. The summed E-state index contributed by atoms with van der Waals surface area (Å²) < 4.78 is 37.1. The quantitative estimate of drug-likeness (QED) is 0.254. The lowest BCUT2D eigenvalue weighted by molar-refractivity contribution is -0.107. The van der Waals surface area contributed by atoms with Crippen molar-refractivity contribution in [3.63, 3.8) is 0 Å². The van der Waals surface area contributed by atoms with Crippen molar-refractivity contribution in [1.82, 2.24) is 18.7 Å². The van der Waals surface area contributed by atoms with Crippen LogP contribution in [-0.4, -0.2) is 25.0 Å². The summed E-state index contributed by atoms with van der Waals surface area (Å²) in [7, 11) is 0. The third kappa shape index (κ3) is 5.02. The summed E-state index contributed by atoms with van der Waals surface area (Å²) >= 11 is 5.99. The van der Waals surface area contributed by atoms with Crippen LogP contribution >= 0.6 is 11.6 Å². The average molecular weight is 503 g/mol. The van der Waals surface area contributed by atoms with Crippen molar-refractivity contribution in [2.24, 2.45) is 0 Å². The lowest BCUT2D eigenvalue weighted by Gasteiger charge is -2.12. The number of rotatable bonds is 9. The number of imidazole rings is 1. The second kappa shape index (κ2) is 10.2. The molecule has 0 radical (unpaired) electrons. The highest BCUT2D eigenvalue weighted by atomic mass is 35.5. The zero-order valence-corrected chi connectivity index (χ0v) is 19.5. The van der Waals surface area contributed by atoms with Gasteiger partial charge in [-0.1, -0.05) is 23.7 Å². The predicted molar refractivity (Wildman–Crippen MR) is 126 cm³/mol. The molecule has 182 valence electrons. The zero-order chi connectivity index (χ0) is 25.1. The largest absolute Gasteiger partial charge is 0.425 e. The Hall–Kier alpha value is -3.79. The minimum Gasteiger partial charge on any atom is -0.425 e. The Morgan fingerprint density at radius 3 is 2.34 bits per heavy atom. The fraction of sp³-hybridized carbons (Fsp3) is 0.250. The molecule has 2 aromatic carbocycles. The number of benzene rings is 2. The van der Waals surface area contributed by atoms with Crippen molar-refractivity contribution >= 4 is 29.1 Å². The van der Waals surface area contributed by atoms with Gasteiger partial charge in [0.25, 0.3) is 5.56 Å². The maximum atomic E-state index is 13.8. The molecule has 35 heavy (non-hydrogen) atoms. The van der Waals surface area contributed by atoms with Gasteiger partial charge in [0, 0.05) is 42.7 Å². The molecule has 0 fully saturated rings. The molecule has 0 amide bonds. The molecule has 2 aromatic heterocycles. The van der Waals surface area contributed by atoms with E-state index in [2.05, 4.69) is 4.98 Å². The van der Waals surface area contributed by atoms with Gasteiger partial charge in [-0.15, -0.1) is 0 Å². The summed E-state index contributed by atoms with van der Waals surface area (Å²) in [6.45, 7) is 2.08. The average Bonchev–Trinajstić information content (AvgIpc) is 3.14. The van der Waals surface area contributed by atoms with Gasteiger partial charge in [0.05, 0.1) is 6.54 Å². The molecule has 0 aliphatic rings. The number of carbonyl (C=O) groups is 1. The van der Waals surface area contributed by atoms with E-state index in [1.807, 2.05) is 0 Å². The van der Waals surface area contributed by atoms with Crippen LogP contribution in [0.5, 0.6) is 11.8 Å². The number of aromatic nitrogens is 4. The van der Waals surface area contributed by atoms with Gasteiger partial charge in [-0.3, -0.25) is 18.5 Å². The van der Waals surface area contributed by atoms with Crippen molar-refractivity contribution in [1.29, 1.82) is 0 Å². The number of fused-ring (bicyclic) bond motifs is 1. The topological polar surface area (TPSA) is 88.1 Å². The minimum atomic E-state index is -0.844. The fourth-order valence-electron chi connectivity index (χ4n) is 3.78. The van der Waals surface area contributed by atoms with Crippen LogP contribution in [-0.2, 0) is 24.4 Å². The Bertz CT molecular complexity index is 1490. The minimum absolute atomic E-state index is 0.0454. The molecule has 0 aliphatic heterocycles. The highest BCUT2D eigenvalue weighted by Crippen LogP contribution is 2.27. The first-order valence-electron chi connectivity index (χ1n) is 10.9. The van der Waals surface area contributed by atoms with Crippen LogP contribution in [0.4, 0.5) is 8.78 Å². The van der Waals surface area contributed by atoms with Crippen LogP contribution in [0.1, 0.15) is 25.3 Å². The van der Waals surface area contributed by atoms with Crippen LogP contribution in [0.15, 0.2) is 52.1 Å². The van der Waals surface area contributed by atoms with Gasteiger partial charge in [-0.25, -0.2) is 13.6 Å². The smallest absolute Gasteiger partial charge is 0.332 e. The fourth-order valence-corrected chi connectivity index (χ4v) is 3.90. The van der Waals surface area contributed by atoms with Gasteiger partial charge >= 0.3 is 11.7 Å². The zero-order valence-electron chi connectivity index (χ0n) is 18.7. The number of hydrogen-bond donors (Lipinski definition) is 0. The summed E-state index contributed by atoms with van der Waals surface area (Å²) in [6, 6.07) is 9.41. The van der Waals surface area contributed by atoms with Gasteiger partial charge in [-0.05, 0) is 31.0 Å². The van der Waals surface area contributed by atoms with Crippen molar-refractivity contribution in [3.8, 4) is 11.8 Å². The molecule has 0 saturated carbocycles. The summed E-state index contributed by atoms with van der Waals surface area (Å²) in [5.41, 5.74) is -0.280. The van der Waals surface area contributed by atoms with E-state index in [-0.39, 0.29) is 49.0 Å². The number of unbranched alkanes of at least 4 members (excludes halogenated alkanes) is 1. The van der Waals surface area contributed by atoms with Crippen LogP contribution in [0.2, 0.25) is 5.02 Å². The van der Waals surface area contributed by atoms with E-state index in [0.717, 1.165) is 28.5 Å². The van der Waals surface area contributed by atoms with Crippen LogP contribution < -0.4 is 16.0 Å². The summed E-state index contributed by atoms with van der Waals surface area (Å²) in [6.07, 6.45) is 1.22. The first kappa shape index (κ1) is 24.3. The predicted octanol–water partition coefficient (Wildman–Crippen LogP) is 4.13. The number of ether oxygens (including phenoxy) is 1. The SMILES string of the molecule is CCn1c(=O)n(CCCC=O)c(=O)c2c1nc(Oc1cc(F)cc(F)c1)n2Cc1ccc(Cl)cc1. The van der Waals surface area contributed by atoms with Gasteiger partial charge in [0.2, 0.25) is 0 Å². The standard InChI is InChI=1S/C24H21ClF2N4O4/c1-2-29-21-20(22(33)30(24(29)34)9-3-4-10-32)31(14-15-5-7-16(25)8-6-15)23(28-21)35-19-12-17(26)11-18(27)13-19/h5-8,10-13H,2-4,9,14H2,1H3. The molecule has 0 unspecified atom stereocenters. The van der Waals surface area contributed by atoms with E-state index in [9.17, 15) is 23.2 Å². The van der Waals surface area contributed by atoms with E-state index in [4.69, 9.17) is 16.3 Å². The highest BCUT2D eigenvalue weighted by Gasteiger charge is 2.23. The molecule has 0 bridgehead atoms. The van der Waals surface area contributed by atoms with Crippen LogP contribution in [0, 0.1) is 11.6 Å². The van der Waals surface area contributed by atoms with Gasteiger partial charge < -0.3 is 9.53 Å². The van der Waals surface area contributed by atoms with E-state index in [1.165, 1.54) is 9.13 Å². The van der Waals surface area contributed by atoms with Crippen molar-refractivity contribution in [3.05, 3.63) is 85.5 Å². The molecule has 8 nitrogen and oxygen atoms in total. The molecule has 11 heteroatoms. The molecule has 2 heterocycles. The monoisotopic (exact) mass is 502 g/mol. The molecule has 4 aromatic rings. The van der Waals surface area contributed by atoms with Crippen molar-refractivity contribution in [2.75, 3.05) is 0 Å². The third-order valence-corrected chi connectivity index (χ3v) is 5.65. The Balaban J connectivity index is 1.95. The number of aldehydes is 1. The maximum absolute atomic E-state index is 13.8. The van der Waals surface area contributed by atoms with E-state index in [1.54, 1.807) is 31.2 Å². The van der Waals surface area contributed by atoms with Gasteiger partial charge in [0.15, 0.2) is 11.2 Å². The first-order valence-corrected chi connectivity index (χ1v) is 11.3. The van der Waals surface area contributed by atoms with Gasteiger partial charge in [0.1, 0.15) is 23.7 Å². The summed E-state index contributed by atoms with van der Waals surface area (Å²) in [5.74, 6) is -1.85. The number of carbonyl (C=O) groups excluding carboxylic acids is 1. The molecule has 0 saturated heterocycles. The molecule has 0 aliphatic carbocycles. The Morgan fingerprint density at radius 1 is 1.03 bits per heavy atom. The molecule has 0 N–H and O–H groups in total. The van der Waals surface area contributed by atoms with E-state index >= 15 is 0 Å². The highest BCUT2D eigenvalue weighted by molar-refractivity contribution is 6.30.